The summed E-state index contributed by atoms with van der Waals surface area (Å²) in [6.45, 7) is 7.60. The number of aliphatic imine (C=N–C) groups is 1. The van der Waals surface area contributed by atoms with Gasteiger partial charge in [0.05, 0.1) is 13.2 Å². The average Bonchev–Trinajstić information content (AvgIpc) is 3.55. The molecule has 0 amide bonds. The van der Waals surface area contributed by atoms with Crippen LogP contribution < -0.4 is 15.4 Å². The molecule has 5 nitrogen and oxygen atoms in total. The van der Waals surface area contributed by atoms with Gasteiger partial charge in [0.15, 0.2) is 5.96 Å². The fourth-order valence-electron chi connectivity index (χ4n) is 3.00. The lowest BCUT2D eigenvalue weighted by Crippen LogP contribution is -2.45. The van der Waals surface area contributed by atoms with E-state index >= 15 is 0 Å². The van der Waals surface area contributed by atoms with E-state index in [2.05, 4.69) is 54.6 Å². The second kappa shape index (κ2) is 9.26. The highest BCUT2D eigenvalue weighted by molar-refractivity contribution is 5.79. The lowest BCUT2D eigenvalue weighted by molar-refractivity contribution is 0.247. The molecule has 5 heteroatoms. The molecule has 26 heavy (non-hydrogen) atoms. The largest absolute Gasteiger partial charge is 0.493 e. The van der Waals surface area contributed by atoms with E-state index in [9.17, 15) is 0 Å². The van der Waals surface area contributed by atoms with Gasteiger partial charge in [-0.15, -0.1) is 0 Å². The number of guanidine groups is 1. The maximum Gasteiger partial charge on any atom is 0.191 e. The topological polar surface area (TPSA) is 48.9 Å². The minimum atomic E-state index is 0.500. The quantitative estimate of drug-likeness (QED) is 0.499. The Bertz CT molecular complexity index is 595. The average molecular weight is 359 g/mol. The zero-order chi connectivity index (χ0) is 18.4. The summed E-state index contributed by atoms with van der Waals surface area (Å²) in [5.41, 5.74) is 1.15. The van der Waals surface area contributed by atoms with Crippen molar-refractivity contribution in [2.75, 3.05) is 26.7 Å². The lowest BCUT2D eigenvalue weighted by atomic mass is 10.2. The predicted octanol–water partition coefficient (Wildman–Crippen LogP) is 3.01. The molecular formula is C21H34N4O. The summed E-state index contributed by atoms with van der Waals surface area (Å²) < 4.78 is 6.00. The standard InChI is InChI=1S/C21H34N4O/c1-4-22-21(23-13-16(2)25(3)19-11-12-19)24-14-18-7-5-6-8-20(18)26-15-17-9-10-17/h5-8,16-17,19H,4,9-15H2,1-3H3,(H2,22,23,24). The first-order valence-corrected chi connectivity index (χ1v) is 10.1. The summed E-state index contributed by atoms with van der Waals surface area (Å²) in [7, 11) is 2.22. The highest BCUT2D eigenvalue weighted by atomic mass is 16.5. The molecule has 3 rings (SSSR count). The van der Waals surface area contributed by atoms with Crippen molar-refractivity contribution >= 4 is 5.96 Å². The highest BCUT2D eigenvalue weighted by Crippen LogP contribution is 2.30. The molecule has 1 unspecified atom stereocenters. The lowest BCUT2D eigenvalue weighted by Gasteiger charge is -2.25. The molecule has 144 valence electrons. The molecule has 0 bridgehead atoms. The molecule has 0 spiro atoms. The molecule has 2 fully saturated rings. The fourth-order valence-corrected chi connectivity index (χ4v) is 3.00. The van der Waals surface area contributed by atoms with Crippen LogP contribution in [0.25, 0.3) is 0 Å². The molecule has 1 aromatic carbocycles. The third kappa shape index (κ3) is 5.90. The number of ether oxygens (including phenoxy) is 1. The Hall–Kier alpha value is -1.75. The normalized spacial score (nSPS) is 18.7. The van der Waals surface area contributed by atoms with Crippen LogP contribution in [0.2, 0.25) is 0 Å². The van der Waals surface area contributed by atoms with Crippen molar-refractivity contribution in [2.45, 2.75) is 58.2 Å². The first kappa shape index (κ1) is 19.0. The molecule has 2 aliphatic carbocycles. The summed E-state index contributed by atoms with van der Waals surface area (Å²) in [5.74, 6) is 2.61. The van der Waals surface area contributed by atoms with E-state index in [1.54, 1.807) is 0 Å². The molecule has 0 aliphatic heterocycles. The Morgan fingerprint density at radius 1 is 1.23 bits per heavy atom. The highest BCUT2D eigenvalue weighted by Gasteiger charge is 2.29. The second-order valence-corrected chi connectivity index (χ2v) is 7.68. The van der Waals surface area contributed by atoms with Crippen LogP contribution in [0, 0.1) is 5.92 Å². The molecule has 2 N–H and O–H groups in total. The van der Waals surface area contributed by atoms with Crippen LogP contribution in [-0.4, -0.2) is 49.7 Å². The molecule has 0 heterocycles. The molecule has 1 atom stereocenters. The monoisotopic (exact) mass is 358 g/mol. The Balaban J connectivity index is 1.54. The van der Waals surface area contributed by atoms with Crippen LogP contribution in [0.1, 0.15) is 45.1 Å². The van der Waals surface area contributed by atoms with Crippen LogP contribution in [0.4, 0.5) is 0 Å². The van der Waals surface area contributed by atoms with Crippen molar-refractivity contribution in [3.63, 3.8) is 0 Å². The minimum Gasteiger partial charge on any atom is -0.493 e. The van der Waals surface area contributed by atoms with Crippen LogP contribution >= 0.6 is 0 Å². The van der Waals surface area contributed by atoms with Gasteiger partial charge in [0.25, 0.3) is 0 Å². The second-order valence-electron chi connectivity index (χ2n) is 7.68. The van der Waals surface area contributed by atoms with Gasteiger partial charge < -0.3 is 15.4 Å². The molecular weight excluding hydrogens is 324 g/mol. The van der Waals surface area contributed by atoms with Gasteiger partial charge in [-0.05, 0) is 58.6 Å². The Labute approximate surface area is 158 Å². The van der Waals surface area contributed by atoms with Crippen molar-refractivity contribution < 1.29 is 4.74 Å². The van der Waals surface area contributed by atoms with Gasteiger partial charge in [0, 0.05) is 30.7 Å². The van der Waals surface area contributed by atoms with Crippen molar-refractivity contribution in [3.05, 3.63) is 29.8 Å². The first-order valence-electron chi connectivity index (χ1n) is 10.1. The van der Waals surface area contributed by atoms with Gasteiger partial charge in [-0.3, -0.25) is 4.90 Å². The predicted molar refractivity (Wildman–Crippen MR) is 108 cm³/mol. The van der Waals surface area contributed by atoms with Crippen molar-refractivity contribution in [3.8, 4) is 5.75 Å². The minimum absolute atomic E-state index is 0.500. The molecule has 0 saturated heterocycles. The molecule has 0 radical (unpaired) electrons. The van der Waals surface area contributed by atoms with E-state index in [-0.39, 0.29) is 0 Å². The molecule has 2 saturated carbocycles. The maximum absolute atomic E-state index is 6.00. The van der Waals surface area contributed by atoms with Crippen molar-refractivity contribution in [2.24, 2.45) is 10.9 Å². The van der Waals surface area contributed by atoms with Crippen LogP contribution in [0.5, 0.6) is 5.75 Å². The molecule has 0 aromatic heterocycles. The Kier molecular flexibility index (Phi) is 6.78. The summed E-state index contributed by atoms with van der Waals surface area (Å²) in [4.78, 5) is 7.24. The van der Waals surface area contributed by atoms with E-state index in [1.165, 1.54) is 25.7 Å². The number of nitrogens with one attached hydrogen (secondary N) is 2. The summed E-state index contributed by atoms with van der Waals surface area (Å²) in [6, 6.07) is 9.54. The molecule has 1 aromatic rings. The zero-order valence-electron chi connectivity index (χ0n) is 16.5. The molecule has 2 aliphatic rings. The number of hydrogen-bond donors (Lipinski definition) is 2. The number of likely N-dealkylation sites (N-methyl/N-ethyl adjacent to an activating group) is 1. The SMILES string of the molecule is CCNC(=NCc1ccccc1OCC1CC1)NCC(C)N(C)C1CC1. The summed E-state index contributed by atoms with van der Waals surface area (Å²) in [5, 5.41) is 6.84. The van der Waals surface area contributed by atoms with Crippen LogP contribution in [-0.2, 0) is 6.54 Å². The first-order chi connectivity index (χ1) is 12.7. The Morgan fingerprint density at radius 2 is 2.00 bits per heavy atom. The van der Waals surface area contributed by atoms with E-state index in [4.69, 9.17) is 9.73 Å². The van der Waals surface area contributed by atoms with Gasteiger partial charge in [0.2, 0.25) is 0 Å². The van der Waals surface area contributed by atoms with E-state index in [0.29, 0.717) is 12.6 Å². The van der Waals surface area contributed by atoms with E-state index in [0.717, 1.165) is 48.9 Å². The number of rotatable bonds is 10. The zero-order valence-corrected chi connectivity index (χ0v) is 16.5. The van der Waals surface area contributed by atoms with Gasteiger partial charge in [-0.25, -0.2) is 4.99 Å². The van der Waals surface area contributed by atoms with E-state index < -0.39 is 0 Å². The van der Waals surface area contributed by atoms with Crippen molar-refractivity contribution in [1.82, 2.24) is 15.5 Å². The number of benzene rings is 1. The van der Waals surface area contributed by atoms with Crippen LogP contribution in [0.3, 0.4) is 0 Å². The van der Waals surface area contributed by atoms with Crippen LogP contribution in [0.15, 0.2) is 29.3 Å². The third-order valence-electron chi connectivity index (χ3n) is 5.28. The third-order valence-corrected chi connectivity index (χ3v) is 5.28. The van der Waals surface area contributed by atoms with Gasteiger partial charge >= 0.3 is 0 Å². The number of para-hydroxylation sites is 1. The summed E-state index contributed by atoms with van der Waals surface area (Å²) in [6.07, 6.45) is 5.30. The van der Waals surface area contributed by atoms with Crippen molar-refractivity contribution in [1.29, 1.82) is 0 Å². The Morgan fingerprint density at radius 3 is 2.69 bits per heavy atom. The number of nitrogens with zero attached hydrogens (tertiary/aromatic N) is 2. The van der Waals surface area contributed by atoms with Gasteiger partial charge in [-0.2, -0.15) is 0 Å². The fraction of sp³-hybridized carbons (Fsp3) is 0.667. The van der Waals surface area contributed by atoms with E-state index in [1.807, 2.05) is 6.07 Å². The number of hydrogen-bond acceptors (Lipinski definition) is 3. The summed E-state index contributed by atoms with van der Waals surface area (Å²) >= 11 is 0. The maximum atomic E-state index is 6.00. The van der Waals surface area contributed by atoms with Gasteiger partial charge in [0.1, 0.15) is 5.75 Å². The smallest absolute Gasteiger partial charge is 0.191 e. The van der Waals surface area contributed by atoms with Gasteiger partial charge in [-0.1, -0.05) is 18.2 Å².